The highest BCUT2D eigenvalue weighted by Crippen LogP contribution is 2.25. The Bertz CT molecular complexity index is 435. The van der Waals surface area contributed by atoms with Crippen LogP contribution in [0.15, 0.2) is 22.7 Å². The summed E-state index contributed by atoms with van der Waals surface area (Å²) in [6, 6.07) is 5.53. The molecule has 0 aromatic heterocycles. The summed E-state index contributed by atoms with van der Waals surface area (Å²) in [4.78, 5) is 0. The number of rotatable bonds is 8. The molecule has 0 aliphatic heterocycles. The van der Waals surface area contributed by atoms with Gasteiger partial charge in [-0.25, -0.2) is 0 Å². The molecule has 1 aromatic rings. The lowest BCUT2D eigenvalue weighted by molar-refractivity contribution is -0.136. The summed E-state index contributed by atoms with van der Waals surface area (Å²) in [5.74, 6) is 1.17. The fourth-order valence-corrected chi connectivity index (χ4v) is 2.19. The maximum absolute atomic E-state index is 12.1. The molecule has 0 bridgehead atoms. The molecule has 0 heterocycles. The molecule has 6 heteroatoms. The van der Waals surface area contributed by atoms with E-state index in [2.05, 4.69) is 35.1 Å². The fraction of sp³-hybridized carbons (Fsp3) is 0.600. The molecule has 1 N–H and O–H groups in total. The molecule has 1 aromatic carbocycles. The standard InChI is InChI=1S/C15H21BrF3NO/c1-11(2)9-20-10-12-8-13(16)4-5-14(12)21-7-3-6-15(17,18)19/h4-5,8,11,20H,3,6-7,9-10H2,1-2H3. The molecule has 0 unspecified atom stereocenters. The van der Waals surface area contributed by atoms with E-state index in [1.807, 2.05) is 12.1 Å². The topological polar surface area (TPSA) is 21.3 Å². The molecular weight excluding hydrogens is 347 g/mol. The van der Waals surface area contributed by atoms with Crippen LogP contribution in [0.5, 0.6) is 5.75 Å². The second-order valence-electron chi connectivity index (χ2n) is 5.34. The van der Waals surface area contributed by atoms with E-state index in [9.17, 15) is 13.2 Å². The van der Waals surface area contributed by atoms with Crippen LogP contribution in [0.4, 0.5) is 13.2 Å². The molecule has 1 rings (SSSR count). The van der Waals surface area contributed by atoms with Gasteiger partial charge >= 0.3 is 6.18 Å². The first-order valence-corrected chi connectivity index (χ1v) is 7.76. The van der Waals surface area contributed by atoms with Crippen molar-refractivity contribution in [2.24, 2.45) is 5.92 Å². The Hall–Kier alpha value is -0.750. The quantitative estimate of drug-likeness (QED) is 0.658. The number of hydrogen-bond acceptors (Lipinski definition) is 2. The third-order valence-corrected chi connectivity index (χ3v) is 3.25. The van der Waals surface area contributed by atoms with Crippen molar-refractivity contribution < 1.29 is 17.9 Å². The van der Waals surface area contributed by atoms with Crippen LogP contribution in [0, 0.1) is 5.92 Å². The molecule has 0 amide bonds. The third-order valence-electron chi connectivity index (χ3n) is 2.75. The van der Waals surface area contributed by atoms with Gasteiger partial charge in [-0.1, -0.05) is 29.8 Å². The number of hydrogen-bond donors (Lipinski definition) is 1. The van der Waals surface area contributed by atoms with Crippen molar-refractivity contribution in [2.45, 2.75) is 39.4 Å². The summed E-state index contributed by atoms with van der Waals surface area (Å²) >= 11 is 3.39. The molecular formula is C15H21BrF3NO. The Morgan fingerprint density at radius 2 is 2.00 bits per heavy atom. The van der Waals surface area contributed by atoms with Crippen molar-refractivity contribution in [1.29, 1.82) is 0 Å². The highest BCUT2D eigenvalue weighted by molar-refractivity contribution is 9.10. The van der Waals surface area contributed by atoms with Crippen molar-refractivity contribution >= 4 is 15.9 Å². The van der Waals surface area contributed by atoms with Gasteiger partial charge in [0.1, 0.15) is 5.75 Å². The normalized spacial score (nSPS) is 12.0. The predicted octanol–water partition coefficient (Wildman–Crippen LogP) is 4.92. The molecule has 2 nitrogen and oxygen atoms in total. The highest BCUT2D eigenvalue weighted by atomic mass is 79.9. The van der Waals surface area contributed by atoms with Crippen LogP contribution in [0.25, 0.3) is 0 Å². The zero-order valence-electron chi connectivity index (χ0n) is 12.3. The van der Waals surface area contributed by atoms with Crippen LogP contribution in [-0.4, -0.2) is 19.3 Å². The predicted molar refractivity (Wildman–Crippen MR) is 81.5 cm³/mol. The minimum atomic E-state index is -4.12. The Balaban J connectivity index is 2.52. The number of halogens is 4. The maximum atomic E-state index is 12.1. The van der Waals surface area contributed by atoms with E-state index < -0.39 is 12.6 Å². The second kappa shape index (κ2) is 8.63. The number of benzene rings is 1. The van der Waals surface area contributed by atoms with Crippen LogP contribution < -0.4 is 10.1 Å². The van der Waals surface area contributed by atoms with Crippen molar-refractivity contribution in [3.8, 4) is 5.75 Å². The van der Waals surface area contributed by atoms with Crippen LogP contribution in [0.2, 0.25) is 0 Å². The summed E-state index contributed by atoms with van der Waals surface area (Å²) < 4.78 is 42.7. The summed E-state index contributed by atoms with van der Waals surface area (Å²) in [6.07, 6.45) is -4.96. The molecule has 0 spiro atoms. The molecule has 0 saturated carbocycles. The minimum absolute atomic E-state index is 0.0293. The Labute approximate surface area is 132 Å². The number of nitrogens with one attached hydrogen (secondary N) is 1. The van der Waals surface area contributed by atoms with Gasteiger partial charge in [-0.05, 0) is 37.1 Å². The first kappa shape index (κ1) is 18.3. The highest BCUT2D eigenvalue weighted by Gasteiger charge is 2.26. The van der Waals surface area contributed by atoms with Crippen LogP contribution >= 0.6 is 15.9 Å². The minimum Gasteiger partial charge on any atom is -0.493 e. The van der Waals surface area contributed by atoms with Gasteiger partial charge in [0.05, 0.1) is 6.61 Å². The van der Waals surface area contributed by atoms with Gasteiger partial charge in [-0.15, -0.1) is 0 Å². The van der Waals surface area contributed by atoms with Gasteiger partial charge < -0.3 is 10.1 Å². The summed E-state index contributed by atoms with van der Waals surface area (Å²) in [7, 11) is 0. The van der Waals surface area contributed by atoms with Crippen molar-refractivity contribution in [3.05, 3.63) is 28.2 Å². The Morgan fingerprint density at radius 1 is 1.29 bits per heavy atom. The molecule has 21 heavy (non-hydrogen) atoms. The van der Waals surface area contributed by atoms with Crippen molar-refractivity contribution in [3.63, 3.8) is 0 Å². The average molecular weight is 368 g/mol. The monoisotopic (exact) mass is 367 g/mol. The third kappa shape index (κ3) is 8.31. The van der Waals surface area contributed by atoms with E-state index in [-0.39, 0.29) is 13.0 Å². The van der Waals surface area contributed by atoms with E-state index in [1.54, 1.807) is 6.07 Å². The molecule has 120 valence electrons. The molecule has 0 saturated heterocycles. The lowest BCUT2D eigenvalue weighted by Crippen LogP contribution is -2.19. The summed E-state index contributed by atoms with van der Waals surface area (Å²) in [6.45, 7) is 5.80. The molecule has 0 radical (unpaired) electrons. The van der Waals surface area contributed by atoms with Gasteiger partial charge in [0, 0.05) is 23.0 Å². The summed E-state index contributed by atoms with van der Waals surface area (Å²) in [5, 5.41) is 3.30. The Morgan fingerprint density at radius 3 is 2.62 bits per heavy atom. The molecule has 0 atom stereocenters. The maximum Gasteiger partial charge on any atom is 0.389 e. The first-order valence-electron chi connectivity index (χ1n) is 6.96. The lowest BCUT2D eigenvalue weighted by Gasteiger charge is -2.14. The molecule has 0 aliphatic carbocycles. The van der Waals surface area contributed by atoms with Gasteiger partial charge in [0.15, 0.2) is 0 Å². The first-order chi connectivity index (χ1) is 9.78. The zero-order chi connectivity index (χ0) is 15.9. The average Bonchev–Trinajstić information content (AvgIpc) is 2.35. The lowest BCUT2D eigenvalue weighted by atomic mass is 10.2. The van der Waals surface area contributed by atoms with E-state index in [1.165, 1.54) is 0 Å². The van der Waals surface area contributed by atoms with Crippen molar-refractivity contribution in [1.82, 2.24) is 5.32 Å². The molecule has 0 fully saturated rings. The SMILES string of the molecule is CC(C)CNCc1cc(Br)ccc1OCCCC(F)(F)F. The van der Waals surface area contributed by atoms with Gasteiger partial charge in [-0.3, -0.25) is 0 Å². The zero-order valence-corrected chi connectivity index (χ0v) is 13.9. The fourth-order valence-electron chi connectivity index (χ4n) is 1.78. The Kier molecular flexibility index (Phi) is 7.52. The molecule has 0 aliphatic rings. The van der Waals surface area contributed by atoms with Crippen LogP contribution in [0.1, 0.15) is 32.3 Å². The van der Waals surface area contributed by atoms with Gasteiger partial charge in [0.2, 0.25) is 0 Å². The second-order valence-corrected chi connectivity index (χ2v) is 6.26. The van der Waals surface area contributed by atoms with E-state index in [4.69, 9.17) is 4.74 Å². The van der Waals surface area contributed by atoms with E-state index in [0.717, 1.165) is 16.6 Å². The van der Waals surface area contributed by atoms with Gasteiger partial charge in [-0.2, -0.15) is 13.2 Å². The van der Waals surface area contributed by atoms with E-state index >= 15 is 0 Å². The van der Waals surface area contributed by atoms with E-state index in [0.29, 0.717) is 18.2 Å². The smallest absolute Gasteiger partial charge is 0.389 e. The van der Waals surface area contributed by atoms with Crippen LogP contribution in [0.3, 0.4) is 0 Å². The largest absolute Gasteiger partial charge is 0.493 e. The number of ether oxygens (including phenoxy) is 1. The summed E-state index contributed by atoms with van der Waals surface area (Å²) in [5.41, 5.74) is 0.942. The van der Waals surface area contributed by atoms with Crippen molar-refractivity contribution in [2.75, 3.05) is 13.2 Å². The van der Waals surface area contributed by atoms with Gasteiger partial charge in [0.25, 0.3) is 0 Å². The van der Waals surface area contributed by atoms with Crippen LogP contribution in [-0.2, 0) is 6.54 Å². The number of alkyl halides is 3.